The lowest BCUT2D eigenvalue weighted by molar-refractivity contribution is -0.123. The maximum atomic E-state index is 13.0. The fraction of sp³-hybridized carbons (Fsp3) is 0.400. The van der Waals surface area contributed by atoms with Crippen LogP contribution in [-0.2, 0) is 9.59 Å². The minimum Gasteiger partial charge on any atom is -0.383 e. The number of aryl methyl sites for hydroxylation is 1. The number of nitrogens with two attached hydrogens (primary N) is 1. The highest BCUT2D eigenvalue weighted by atomic mass is 35.5. The van der Waals surface area contributed by atoms with Gasteiger partial charge in [0.2, 0.25) is 17.8 Å². The summed E-state index contributed by atoms with van der Waals surface area (Å²) < 4.78 is 0. The maximum absolute atomic E-state index is 13.0. The molecule has 0 saturated carbocycles. The van der Waals surface area contributed by atoms with Gasteiger partial charge in [-0.15, -0.1) is 0 Å². The highest BCUT2D eigenvalue weighted by Crippen LogP contribution is 2.37. The SMILES string of the molecule is Cc1ccc(NC(=O)[C@H]2CC(=O)Nc3nc(N4CCCCC4)nc(N)c32)c(Cl)c1. The molecule has 3 heterocycles. The lowest BCUT2D eigenvalue weighted by atomic mass is 9.91. The second-order valence-electron chi connectivity index (χ2n) is 7.50. The molecule has 1 fully saturated rings. The number of amides is 2. The van der Waals surface area contributed by atoms with E-state index in [1.165, 1.54) is 6.42 Å². The Bertz CT molecular complexity index is 974. The summed E-state index contributed by atoms with van der Waals surface area (Å²) >= 11 is 6.23. The average molecular weight is 415 g/mol. The number of anilines is 4. The van der Waals surface area contributed by atoms with Crippen LogP contribution in [0.5, 0.6) is 0 Å². The van der Waals surface area contributed by atoms with Gasteiger partial charge in [0.05, 0.1) is 22.2 Å². The van der Waals surface area contributed by atoms with Gasteiger partial charge in [0, 0.05) is 19.5 Å². The van der Waals surface area contributed by atoms with Crippen molar-refractivity contribution < 1.29 is 9.59 Å². The number of nitrogen functional groups attached to an aromatic ring is 1. The quantitative estimate of drug-likeness (QED) is 0.711. The van der Waals surface area contributed by atoms with E-state index in [0.29, 0.717) is 28.0 Å². The molecule has 8 nitrogen and oxygen atoms in total. The minimum atomic E-state index is -0.786. The molecule has 0 radical (unpaired) electrons. The molecule has 0 unspecified atom stereocenters. The standard InChI is InChI=1S/C20H23ClN6O2/c1-11-5-6-14(13(21)9-11)23-19(29)12-10-15(28)24-18-16(12)17(22)25-20(26-18)27-7-3-2-4-8-27/h5-6,9,12H,2-4,7-8,10H2,1H3,(H,23,29)(H3,22,24,25,26,28)/t12-/m0/s1. The van der Waals surface area contributed by atoms with E-state index in [2.05, 4.69) is 25.5 Å². The summed E-state index contributed by atoms with van der Waals surface area (Å²) in [5.41, 5.74) is 8.15. The van der Waals surface area contributed by atoms with Crippen LogP contribution in [0.3, 0.4) is 0 Å². The number of carbonyl (C=O) groups is 2. The Morgan fingerprint density at radius 2 is 2.03 bits per heavy atom. The molecule has 2 amide bonds. The molecule has 2 aromatic rings. The molecule has 4 N–H and O–H groups in total. The predicted molar refractivity (Wildman–Crippen MR) is 113 cm³/mol. The molecular weight excluding hydrogens is 392 g/mol. The highest BCUT2D eigenvalue weighted by Gasteiger charge is 2.35. The van der Waals surface area contributed by atoms with E-state index < -0.39 is 5.92 Å². The van der Waals surface area contributed by atoms with Gasteiger partial charge >= 0.3 is 0 Å². The zero-order chi connectivity index (χ0) is 20.5. The zero-order valence-electron chi connectivity index (χ0n) is 16.2. The van der Waals surface area contributed by atoms with Crippen LogP contribution in [0.25, 0.3) is 0 Å². The minimum absolute atomic E-state index is 0.0288. The molecule has 152 valence electrons. The van der Waals surface area contributed by atoms with Gasteiger partial charge in [-0.05, 0) is 43.9 Å². The monoisotopic (exact) mass is 414 g/mol. The molecule has 0 spiro atoms. The van der Waals surface area contributed by atoms with Crippen LogP contribution >= 0.6 is 11.6 Å². The Labute approximate surface area is 173 Å². The van der Waals surface area contributed by atoms with E-state index >= 15 is 0 Å². The first kappa shape index (κ1) is 19.4. The first-order valence-electron chi connectivity index (χ1n) is 9.71. The second kappa shape index (κ2) is 7.87. The van der Waals surface area contributed by atoms with Gasteiger partial charge in [0.25, 0.3) is 0 Å². The molecule has 1 saturated heterocycles. The van der Waals surface area contributed by atoms with Crippen LogP contribution < -0.4 is 21.3 Å². The number of nitrogens with zero attached hydrogens (tertiary/aromatic N) is 3. The third kappa shape index (κ3) is 3.98. The number of aromatic nitrogens is 2. The Morgan fingerprint density at radius 3 is 2.76 bits per heavy atom. The summed E-state index contributed by atoms with van der Waals surface area (Å²) in [6.07, 6.45) is 3.28. The first-order chi connectivity index (χ1) is 13.9. The van der Waals surface area contributed by atoms with E-state index in [1.807, 2.05) is 13.0 Å². The number of halogens is 1. The third-order valence-corrected chi connectivity index (χ3v) is 5.61. The number of nitrogens with one attached hydrogen (secondary N) is 2. The number of benzene rings is 1. The molecule has 9 heteroatoms. The summed E-state index contributed by atoms with van der Waals surface area (Å²) in [7, 11) is 0. The molecule has 29 heavy (non-hydrogen) atoms. The lowest BCUT2D eigenvalue weighted by Crippen LogP contribution is -2.35. The largest absolute Gasteiger partial charge is 0.383 e. The van der Waals surface area contributed by atoms with Crippen molar-refractivity contribution in [3.8, 4) is 0 Å². The van der Waals surface area contributed by atoms with E-state index in [0.717, 1.165) is 31.5 Å². The van der Waals surface area contributed by atoms with Crippen molar-refractivity contribution in [3.05, 3.63) is 34.3 Å². The normalized spacial score (nSPS) is 18.8. The number of rotatable bonds is 3. The first-order valence-corrected chi connectivity index (χ1v) is 10.1. The number of hydrogen-bond donors (Lipinski definition) is 3. The maximum Gasteiger partial charge on any atom is 0.232 e. The molecule has 2 aliphatic heterocycles. The molecule has 4 rings (SSSR count). The molecule has 0 aliphatic carbocycles. The number of fused-ring (bicyclic) bond motifs is 1. The van der Waals surface area contributed by atoms with Crippen molar-refractivity contribution in [1.29, 1.82) is 0 Å². The Hall–Kier alpha value is -2.87. The Kier molecular flexibility index (Phi) is 5.27. The summed E-state index contributed by atoms with van der Waals surface area (Å²) in [5.74, 6) is -0.422. The summed E-state index contributed by atoms with van der Waals surface area (Å²) in [5, 5.41) is 5.98. The van der Waals surface area contributed by atoms with Gasteiger partial charge in [-0.1, -0.05) is 17.7 Å². The molecule has 1 aromatic carbocycles. The van der Waals surface area contributed by atoms with Gasteiger partial charge in [-0.2, -0.15) is 9.97 Å². The summed E-state index contributed by atoms with van der Waals surface area (Å²) in [4.78, 5) is 36.3. The van der Waals surface area contributed by atoms with Crippen molar-refractivity contribution in [1.82, 2.24) is 9.97 Å². The van der Waals surface area contributed by atoms with Crippen molar-refractivity contribution in [2.24, 2.45) is 0 Å². The van der Waals surface area contributed by atoms with Crippen LogP contribution in [0, 0.1) is 6.92 Å². The van der Waals surface area contributed by atoms with Crippen LogP contribution in [0.15, 0.2) is 18.2 Å². The molecule has 1 atom stereocenters. The smallest absolute Gasteiger partial charge is 0.232 e. The van der Waals surface area contributed by atoms with Crippen LogP contribution in [0.4, 0.5) is 23.3 Å². The second-order valence-corrected chi connectivity index (χ2v) is 7.90. The van der Waals surface area contributed by atoms with Gasteiger partial charge in [-0.25, -0.2) is 0 Å². The molecular formula is C20H23ClN6O2. The zero-order valence-corrected chi connectivity index (χ0v) is 16.9. The molecule has 0 bridgehead atoms. The van der Waals surface area contributed by atoms with Gasteiger partial charge < -0.3 is 21.3 Å². The Morgan fingerprint density at radius 1 is 1.28 bits per heavy atom. The molecule has 2 aliphatic rings. The van der Waals surface area contributed by atoms with Crippen molar-refractivity contribution in [2.45, 2.75) is 38.5 Å². The highest BCUT2D eigenvalue weighted by molar-refractivity contribution is 6.33. The summed E-state index contributed by atoms with van der Waals surface area (Å²) in [6.45, 7) is 3.61. The number of carbonyl (C=O) groups excluding carboxylic acids is 2. The fourth-order valence-corrected chi connectivity index (χ4v) is 4.07. The van der Waals surface area contributed by atoms with Crippen molar-refractivity contribution in [3.63, 3.8) is 0 Å². The topological polar surface area (TPSA) is 113 Å². The van der Waals surface area contributed by atoms with Crippen molar-refractivity contribution in [2.75, 3.05) is 34.4 Å². The third-order valence-electron chi connectivity index (χ3n) is 5.30. The molecule has 1 aromatic heterocycles. The number of piperidine rings is 1. The van der Waals surface area contributed by atoms with E-state index in [9.17, 15) is 9.59 Å². The van der Waals surface area contributed by atoms with Crippen LogP contribution in [0.1, 0.15) is 42.7 Å². The van der Waals surface area contributed by atoms with Gasteiger partial charge in [-0.3, -0.25) is 9.59 Å². The van der Waals surface area contributed by atoms with E-state index in [4.69, 9.17) is 17.3 Å². The summed E-state index contributed by atoms with van der Waals surface area (Å²) in [6, 6.07) is 5.35. The average Bonchev–Trinajstić information content (AvgIpc) is 2.69. The fourth-order valence-electron chi connectivity index (χ4n) is 3.78. The van der Waals surface area contributed by atoms with E-state index in [1.54, 1.807) is 12.1 Å². The Balaban J connectivity index is 1.64. The lowest BCUT2D eigenvalue weighted by Gasteiger charge is -2.30. The van der Waals surface area contributed by atoms with Crippen LogP contribution in [-0.4, -0.2) is 34.9 Å². The van der Waals surface area contributed by atoms with Gasteiger partial charge in [0.1, 0.15) is 11.6 Å². The van der Waals surface area contributed by atoms with E-state index in [-0.39, 0.29) is 24.1 Å². The van der Waals surface area contributed by atoms with Crippen LogP contribution in [0.2, 0.25) is 5.02 Å². The van der Waals surface area contributed by atoms with Crippen molar-refractivity contribution >= 4 is 46.7 Å². The number of hydrogen-bond acceptors (Lipinski definition) is 6. The van der Waals surface area contributed by atoms with Gasteiger partial charge in [0.15, 0.2) is 0 Å². The predicted octanol–water partition coefficient (Wildman–Crippen LogP) is 3.08.